The van der Waals surface area contributed by atoms with Crippen LogP contribution in [-0.2, 0) is 11.4 Å². The van der Waals surface area contributed by atoms with Gasteiger partial charge in [0.25, 0.3) is 5.91 Å². The molecule has 168 valence electrons. The third-order valence-electron chi connectivity index (χ3n) is 4.93. The van der Waals surface area contributed by atoms with Gasteiger partial charge in [0.1, 0.15) is 23.9 Å². The predicted molar refractivity (Wildman–Crippen MR) is 137 cm³/mol. The van der Waals surface area contributed by atoms with E-state index in [1.807, 2.05) is 48.5 Å². The highest BCUT2D eigenvalue weighted by molar-refractivity contribution is 8.27. The molecule has 3 aromatic rings. The lowest BCUT2D eigenvalue weighted by atomic mass is 10.1. The number of amides is 1. The van der Waals surface area contributed by atoms with E-state index in [9.17, 15) is 4.79 Å². The number of anilines is 1. The zero-order valence-electron chi connectivity index (χ0n) is 17.9. The Morgan fingerprint density at radius 3 is 2.48 bits per heavy atom. The molecule has 5 nitrogen and oxygen atoms in total. The first-order valence-electron chi connectivity index (χ1n) is 9.96. The summed E-state index contributed by atoms with van der Waals surface area (Å²) in [6.45, 7) is 0.381. The smallest absolute Gasteiger partial charge is 0.270 e. The Morgan fingerprint density at radius 2 is 1.76 bits per heavy atom. The summed E-state index contributed by atoms with van der Waals surface area (Å²) in [6, 6.07) is 20.3. The number of hydrogen-bond donors (Lipinski definition) is 0. The number of ether oxygens (including phenoxy) is 3. The summed E-state index contributed by atoms with van der Waals surface area (Å²) in [7, 11) is 3.11. The Morgan fingerprint density at radius 1 is 1.00 bits per heavy atom. The summed E-state index contributed by atoms with van der Waals surface area (Å²) in [5.74, 6) is 1.57. The summed E-state index contributed by atoms with van der Waals surface area (Å²) in [4.78, 5) is 15.2. The van der Waals surface area contributed by atoms with Gasteiger partial charge in [-0.3, -0.25) is 9.69 Å². The van der Waals surface area contributed by atoms with Gasteiger partial charge in [-0.05, 0) is 42.0 Å². The number of halogens is 1. The van der Waals surface area contributed by atoms with Crippen LogP contribution in [0.5, 0.6) is 17.2 Å². The number of para-hydroxylation sites is 1. The molecule has 0 aliphatic carbocycles. The molecule has 0 spiro atoms. The van der Waals surface area contributed by atoms with Gasteiger partial charge in [-0.15, -0.1) is 0 Å². The van der Waals surface area contributed by atoms with Gasteiger partial charge in [0, 0.05) is 16.7 Å². The Kier molecular flexibility index (Phi) is 7.23. The number of methoxy groups -OCH3 is 2. The van der Waals surface area contributed by atoms with Crippen molar-refractivity contribution in [1.29, 1.82) is 0 Å². The number of carbonyl (C=O) groups excluding carboxylic acids is 1. The zero-order valence-corrected chi connectivity index (χ0v) is 20.3. The molecular formula is C25H20ClNO4S2. The molecule has 0 bridgehead atoms. The molecule has 1 fully saturated rings. The fraction of sp³-hybridized carbons (Fsp3) is 0.120. The van der Waals surface area contributed by atoms with Crippen LogP contribution in [0.2, 0.25) is 5.02 Å². The Labute approximate surface area is 206 Å². The number of thiocarbonyl (C=S) groups is 1. The van der Waals surface area contributed by atoms with Crippen LogP contribution >= 0.6 is 35.6 Å². The van der Waals surface area contributed by atoms with Crippen molar-refractivity contribution in [3.63, 3.8) is 0 Å². The highest BCUT2D eigenvalue weighted by Crippen LogP contribution is 2.41. The van der Waals surface area contributed by atoms with Gasteiger partial charge in [0.05, 0.1) is 24.8 Å². The van der Waals surface area contributed by atoms with Crippen molar-refractivity contribution in [1.82, 2.24) is 0 Å². The van der Waals surface area contributed by atoms with Crippen LogP contribution in [0.25, 0.3) is 6.08 Å². The molecule has 0 aromatic heterocycles. The minimum Gasteiger partial charge on any atom is -0.497 e. The van der Waals surface area contributed by atoms with E-state index in [1.54, 1.807) is 38.5 Å². The Bertz CT molecular complexity index is 1230. The number of thioether (sulfide) groups is 1. The SMILES string of the molecule is COc1ccc(N2C(=O)C(=Cc3ccccc3OCc3ccc(Cl)cc3)SC2=S)c(OC)c1. The topological polar surface area (TPSA) is 48.0 Å². The molecule has 0 radical (unpaired) electrons. The monoisotopic (exact) mass is 497 g/mol. The van der Waals surface area contributed by atoms with E-state index in [4.69, 9.17) is 38.0 Å². The second kappa shape index (κ2) is 10.3. The van der Waals surface area contributed by atoms with Crippen molar-refractivity contribution in [2.45, 2.75) is 6.61 Å². The molecule has 8 heteroatoms. The second-order valence-electron chi connectivity index (χ2n) is 7.01. The predicted octanol–water partition coefficient (Wildman–Crippen LogP) is 6.34. The third kappa shape index (κ3) is 5.16. The molecule has 1 heterocycles. The van der Waals surface area contributed by atoms with Gasteiger partial charge < -0.3 is 14.2 Å². The highest BCUT2D eigenvalue weighted by Gasteiger charge is 2.35. The van der Waals surface area contributed by atoms with Crippen LogP contribution in [0, 0.1) is 0 Å². The lowest BCUT2D eigenvalue weighted by molar-refractivity contribution is -0.113. The standard InChI is InChI=1S/C25H20ClNO4S2/c1-29-19-11-12-20(22(14-19)30-2)27-24(28)23(33-25(27)32)13-17-5-3-4-6-21(17)31-15-16-7-9-18(26)10-8-16/h3-14H,15H2,1-2H3. The van der Waals surface area contributed by atoms with Crippen LogP contribution < -0.4 is 19.1 Å². The maximum Gasteiger partial charge on any atom is 0.270 e. The molecular weight excluding hydrogens is 478 g/mol. The summed E-state index contributed by atoms with van der Waals surface area (Å²) in [5.41, 5.74) is 2.34. The number of rotatable bonds is 7. The largest absolute Gasteiger partial charge is 0.497 e. The van der Waals surface area contributed by atoms with Gasteiger partial charge in [0.2, 0.25) is 0 Å². The average Bonchev–Trinajstić information content (AvgIpc) is 3.11. The second-order valence-corrected chi connectivity index (χ2v) is 9.12. The molecule has 1 aliphatic heterocycles. The number of nitrogens with zero attached hydrogens (tertiary/aromatic N) is 1. The summed E-state index contributed by atoms with van der Waals surface area (Å²) in [6.07, 6.45) is 1.80. The maximum atomic E-state index is 13.3. The molecule has 0 unspecified atom stereocenters. The highest BCUT2D eigenvalue weighted by atomic mass is 35.5. The van der Waals surface area contributed by atoms with E-state index in [-0.39, 0.29) is 5.91 Å². The van der Waals surface area contributed by atoms with Gasteiger partial charge in [0.15, 0.2) is 4.32 Å². The molecule has 33 heavy (non-hydrogen) atoms. The summed E-state index contributed by atoms with van der Waals surface area (Å²) < 4.78 is 17.2. The van der Waals surface area contributed by atoms with E-state index in [0.717, 1.165) is 11.1 Å². The molecule has 1 saturated heterocycles. The zero-order chi connectivity index (χ0) is 23.4. The van der Waals surface area contributed by atoms with Crippen LogP contribution in [0.3, 0.4) is 0 Å². The fourth-order valence-corrected chi connectivity index (χ4v) is 4.66. The van der Waals surface area contributed by atoms with Crippen LogP contribution in [0.1, 0.15) is 11.1 Å². The quantitative estimate of drug-likeness (QED) is 0.280. The first-order chi connectivity index (χ1) is 16.0. The summed E-state index contributed by atoms with van der Waals surface area (Å²) in [5, 5.41) is 0.676. The lowest BCUT2D eigenvalue weighted by Gasteiger charge is -2.18. The maximum absolute atomic E-state index is 13.3. The first-order valence-corrected chi connectivity index (χ1v) is 11.6. The fourth-order valence-electron chi connectivity index (χ4n) is 3.26. The molecule has 0 saturated carbocycles. The normalized spacial score (nSPS) is 14.6. The van der Waals surface area contributed by atoms with Gasteiger partial charge in [-0.25, -0.2) is 0 Å². The first kappa shape index (κ1) is 23.2. The van der Waals surface area contributed by atoms with Crippen LogP contribution in [0.15, 0.2) is 71.6 Å². The average molecular weight is 498 g/mol. The molecule has 3 aromatic carbocycles. The lowest BCUT2D eigenvalue weighted by Crippen LogP contribution is -2.27. The van der Waals surface area contributed by atoms with E-state index in [0.29, 0.717) is 43.8 Å². The van der Waals surface area contributed by atoms with Crippen molar-refractivity contribution >= 4 is 57.6 Å². The van der Waals surface area contributed by atoms with Crippen molar-refractivity contribution in [3.8, 4) is 17.2 Å². The minimum absolute atomic E-state index is 0.221. The molecule has 0 atom stereocenters. The van der Waals surface area contributed by atoms with Crippen LogP contribution in [-0.4, -0.2) is 24.4 Å². The van der Waals surface area contributed by atoms with Crippen molar-refractivity contribution in [2.75, 3.05) is 19.1 Å². The van der Waals surface area contributed by atoms with E-state index >= 15 is 0 Å². The van der Waals surface area contributed by atoms with Gasteiger partial charge in [-0.2, -0.15) is 0 Å². The van der Waals surface area contributed by atoms with Crippen molar-refractivity contribution in [3.05, 3.63) is 87.8 Å². The summed E-state index contributed by atoms with van der Waals surface area (Å²) >= 11 is 12.7. The number of hydrogen-bond acceptors (Lipinski definition) is 6. The molecule has 4 rings (SSSR count). The minimum atomic E-state index is -0.221. The molecule has 1 amide bonds. The third-order valence-corrected chi connectivity index (χ3v) is 6.49. The van der Waals surface area contributed by atoms with E-state index in [1.165, 1.54) is 16.7 Å². The van der Waals surface area contributed by atoms with Gasteiger partial charge >= 0.3 is 0 Å². The Balaban J connectivity index is 1.59. The molecule has 1 aliphatic rings. The van der Waals surface area contributed by atoms with Crippen LogP contribution in [0.4, 0.5) is 5.69 Å². The number of carbonyl (C=O) groups is 1. The molecule has 0 N–H and O–H groups in total. The van der Waals surface area contributed by atoms with E-state index < -0.39 is 0 Å². The van der Waals surface area contributed by atoms with Crippen molar-refractivity contribution < 1.29 is 19.0 Å². The van der Waals surface area contributed by atoms with Crippen molar-refractivity contribution in [2.24, 2.45) is 0 Å². The van der Waals surface area contributed by atoms with E-state index in [2.05, 4.69) is 0 Å². The Hall–Kier alpha value is -3.00. The number of benzene rings is 3. The van der Waals surface area contributed by atoms with Gasteiger partial charge in [-0.1, -0.05) is 65.9 Å².